The quantitative estimate of drug-likeness (QED) is 0.111. The Morgan fingerprint density at radius 1 is 0.873 bits per heavy atom. The van der Waals surface area contributed by atoms with Crippen LogP contribution in [0.2, 0.25) is 0 Å². The number of fused-ring (bicyclic) bond motifs is 3. The molecule has 3 heterocycles. The Morgan fingerprint density at radius 2 is 1.59 bits per heavy atom. The molecule has 3 aliphatic heterocycles. The highest BCUT2D eigenvalue weighted by atomic mass is 16.7. The van der Waals surface area contributed by atoms with E-state index in [1.807, 2.05) is 51.2 Å². The van der Waals surface area contributed by atoms with Gasteiger partial charge in [0.25, 0.3) is 11.7 Å². The lowest BCUT2D eigenvalue weighted by Gasteiger charge is -2.42. The number of carbonyl (C=O) groups excluding carboxylic acids is 6. The van der Waals surface area contributed by atoms with Gasteiger partial charge in [-0.1, -0.05) is 71.1 Å². The summed E-state index contributed by atoms with van der Waals surface area (Å²) in [5.41, 5.74) is 1.24. The van der Waals surface area contributed by atoms with Crippen molar-refractivity contribution in [2.24, 2.45) is 35.5 Å². The van der Waals surface area contributed by atoms with Crippen LogP contribution in [-0.2, 0) is 57.2 Å². The summed E-state index contributed by atoms with van der Waals surface area (Å²) >= 11 is 0. The number of hydrogen-bond donors (Lipinski definition) is 2. The minimum Gasteiger partial charge on any atom is -0.460 e. The molecule has 17 nitrogen and oxygen atoms in total. The SMILES string of the molecule is COC1C(=O)C(C)C[C@H](C)/C=C/C=C/C=C(\C)[C@@H](OC)C[C@@H]2CCC(C)C(O)(O2)C(=O)C(=O)N2CCCCC2C(=O)O[C@H](C(C)CC2CC[C@@H](OC(=O)N(C)OC)C(OC)C2)CC(=O)C(C)/C=C(\C)C1O. The molecule has 0 radical (unpaired) electrons. The number of hydroxylamine groups is 2. The number of nitrogens with zero attached hydrogens (tertiary/aromatic N) is 2. The largest absolute Gasteiger partial charge is 0.460 e. The van der Waals surface area contributed by atoms with Crippen molar-refractivity contribution in [3.05, 3.63) is 47.6 Å². The second-order valence-electron chi connectivity index (χ2n) is 20.6. The zero-order valence-electron chi connectivity index (χ0n) is 44.3. The average molecular weight is 1000 g/mol. The predicted molar refractivity (Wildman–Crippen MR) is 264 cm³/mol. The molecule has 15 atom stereocenters. The minimum absolute atomic E-state index is 0.00393. The number of aliphatic hydroxyl groups excluding tert-OH is 1. The third kappa shape index (κ3) is 15.9. The molecule has 71 heavy (non-hydrogen) atoms. The Hall–Kier alpha value is -4.10. The van der Waals surface area contributed by atoms with E-state index in [-0.39, 0.29) is 42.8 Å². The van der Waals surface area contributed by atoms with Crippen molar-refractivity contribution in [2.75, 3.05) is 42.0 Å². The van der Waals surface area contributed by atoms with Crippen molar-refractivity contribution >= 4 is 35.3 Å². The third-order valence-electron chi connectivity index (χ3n) is 15.2. The van der Waals surface area contributed by atoms with Gasteiger partial charge in [-0.2, -0.15) is 5.06 Å². The zero-order chi connectivity index (χ0) is 52.7. The fourth-order valence-electron chi connectivity index (χ4n) is 10.5. The number of ether oxygens (including phenoxy) is 6. The van der Waals surface area contributed by atoms with Gasteiger partial charge in [-0.15, -0.1) is 0 Å². The van der Waals surface area contributed by atoms with Crippen LogP contribution < -0.4 is 0 Å². The second kappa shape index (κ2) is 27.8. The van der Waals surface area contributed by atoms with Crippen molar-refractivity contribution in [3.8, 4) is 0 Å². The Bertz CT molecular complexity index is 1950. The third-order valence-corrected chi connectivity index (χ3v) is 15.2. The van der Waals surface area contributed by atoms with Gasteiger partial charge in [0.2, 0.25) is 5.79 Å². The summed E-state index contributed by atoms with van der Waals surface area (Å²) in [5, 5.41) is 24.5. The number of ketones is 3. The lowest BCUT2D eigenvalue weighted by atomic mass is 9.78. The summed E-state index contributed by atoms with van der Waals surface area (Å²) in [6.07, 6.45) is 9.88. The highest BCUT2D eigenvalue weighted by Crippen LogP contribution is 2.38. The number of methoxy groups -OCH3 is 3. The molecule has 4 rings (SSSR count). The summed E-state index contributed by atoms with van der Waals surface area (Å²) in [6, 6.07) is -1.18. The molecule has 0 spiro atoms. The molecule has 400 valence electrons. The monoisotopic (exact) mass is 1000 g/mol. The van der Waals surface area contributed by atoms with Crippen molar-refractivity contribution in [2.45, 2.75) is 180 Å². The number of Topliss-reactive ketones (excluding diaryl/α,β-unsaturated/α-hetero) is 3. The molecule has 17 heteroatoms. The maximum atomic E-state index is 14.5. The van der Waals surface area contributed by atoms with Gasteiger partial charge in [-0.3, -0.25) is 24.0 Å². The molecule has 0 aromatic carbocycles. The molecule has 10 unspecified atom stereocenters. The van der Waals surface area contributed by atoms with Gasteiger partial charge >= 0.3 is 12.1 Å². The summed E-state index contributed by atoms with van der Waals surface area (Å²) in [7, 11) is 7.30. The number of esters is 1. The van der Waals surface area contributed by atoms with Crippen molar-refractivity contribution in [1.29, 1.82) is 0 Å². The summed E-state index contributed by atoms with van der Waals surface area (Å²) < 4.78 is 35.4. The fraction of sp³-hybridized carbons (Fsp3) is 0.741. The fourth-order valence-corrected chi connectivity index (χ4v) is 10.5. The van der Waals surface area contributed by atoms with Gasteiger partial charge in [-0.25, -0.2) is 9.59 Å². The molecular formula is C54H84N2O15. The topological polar surface area (TPSA) is 214 Å². The first kappa shape index (κ1) is 59.5. The molecule has 0 aromatic heterocycles. The average Bonchev–Trinajstić information content (AvgIpc) is 3.35. The zero-order valence-corrected chi connectivity index (χ0v) is 44.3. The first-order valence-corrected chi connectivity index (χ1v) is 25.6. The molecule has 2 amide bonds. The van der Waals surface area contributed by atoms with Gasteiger partial charge in [0.15, 0.2) is 5.78 Å². The Morgan fingerprint density at radius 3 is 2.25 bits per heavy atom. The van der Waals surface area contributed by atoms with E-state index in [0.29, 0.717) is 69.8 Å². The first-order chi connectivity index (χ1) is 33.6. The number of cyclic esters (lactones) is 1. The lowest BCUT2D eigenvalue weighted by Crippen LogP contribution is -2.61. The van der Waals surface area contributed by atoms with Crippen molar-refractivity contribution in [3.63, 3.8) is 0 Å². The number of amides is 2. The number of carbonyl (C=O) groups is 6. The Balaban J connectivity index is 1.69. The van der Waals surface area contributed by atoms with Crippen LogP contribution in [0.15, 0.2) is 47.6 Å². The van der Waals surface area contributed by atoms with E-state index in [1.54, 1.807) is 48.0 Å². The normalized spacial score (nSPS) is 37.9. The minimum atomic E-state index is -2.45. The van der Waals surface area contributed by atoms with E-state index in [1.165, 1.54) is 26.2 Å². The van der Waals surface area contributed by atoms with Gasteiger partial charge in [0, 0.05) is 65.5 Å². The molecular weight excluding hydrogens is 917 g/mol. The van der Waals surface area contributed by atoms with Crippen molar-refractivity contribution in [1.82, 2.24) is 9.96 Å². The van der Waals surface area contributed by atoms with Gasteiger partial charge in [0.05, 0.1) is 25.4 Å². The first-order valence-electron chi connectivity index (χ1n) is 25.6. The summed E-state index contributed by atoms with van der Waals surface area (Å²) in [5.74, 6) is -8.34. The summed E-state index contributed by atoms with van der Waals surface area (Å²) in [6.45, 7) is 12.6. The molecule has 0 aromatic rings. The molecule has 2 N–H and O–H groups in total. The standard InChI is InChI=1S/C54H84N2O15/c1-32-18-14-13-15-19-33(2)44(65-9)30-40-23-21-38(7)54(64,71-40)50(60)51(61)56-25-17-16-20-41(56)52(62)69-45(31-42(57)34(3)27-37(6)48(59)49(67-11)47(58)36(5)26-32)35(4)28-39-22-24-43(46(29-39)66-10)70-53(63)55(8)68-12/h13-15,18-19,27,32,34-36,38-41,43-46,48-49,59,64H,16-17,20-26,28-31H2,1-12H3/b15-13+,18-14+,33-19+,37-27+/t32-,34?,35?,36?,38?,39?,40+,41?,43-,44+,45+,46?,48?,49?,54?/m1/s1. The lowest BCUT2D eigenvalue weighted by molar-refractivity contribution is -0.265. The van der Waals surface area contributed by atoms with Crippen LogP contribution in [0, 0.1) is 35.5 Å². The predicted octanol–water partition coefficient (Wildman–Crippen LogP) is 6.82. The Kier molecular flexibility index (Phi) is 23.3. The molecule has 2 bridgehead atoms. The van der Waals surface area contributed by atoms with Gasteiger partial charge in [-0.05, 0) is 107 Å². The van der Waals surface area contributed by atoms with E-state index < -0.39 is 102 Å². The number of piperidine rings is 1. The highest BCUT2D eigenvalue weighted by Gasteiger charge is 2.53. The second-order valence-corrected chi connectivity index (χ2v) is 20.6. The molecule has 1 aliphatic carbocycles. The maximum Gasteiger partial charge on any atom is 0.434 e. The van der Waals surface area contributed by atoms with Crippen molar-refractivity contribution < 1.29 is 72.2 Å². The van der Waals surface area contributed by atoms with E-state index in [0.717, 1.165) is 10.6 Å². The number of aliphatic hydroxyl groups is 2. The van der Waals surface area contributed by atoms with Crippen LogP contribution in [0.3, 0.4) is 0 Å². The van der Waals surface area contributed by atoms with Crippen LogP contribution >= 0.6 is 0 Å². The van der Waals surface area contributed by atoms with Crippen LogP contribution in [0.25, 0.3) is 0 Å². The van der Waals surface area contributed by atoms with E-state index >= 15 is 0 Å². The van der Waals surface area contributed by atoms with Crippen LogP contribution in [-0.4, -0.2) is 152 Å². The van der Waals surface area contributed by atoms with E-state index in [9.17, 15) is 39.0 Å². The molecule has 2 saturated heterocycles. The van der Waals surface area contributed by atoms with Gasteiger partial charge < -0.3 is 43.5 Å². The van der Waals surface area contributed by atoms with Crippen LogP contribution in [0.4, 0.5) is 4.79 Å². The number of hydrogen-bond acceptors (Lipinski definition) is 15. The van der Waals surface area contributed by atoms with Crippen LogP contribution in [0.1, 0.15) is 126 Å². The van der Waals surface area contributed by atoms with E-state index in [4.69, 9.17) is 33.3 Å². The summed E-state index contributed by atoms with van der Waals surface area (Å²) in [4.78, 5) is 89.8. The smallest absolute Gasteiger partial charge is 0.434 e. The molecule has 3 fully saturated rings. The van der Waals surface area contributed by atoms with Crippen LogP contribution in [0.5, 0.6) is 0 Å². The highest BCUT2D eigenvalue weighted by molar-refractivity contribution is 6.39. The number of allylic oxidation sites excluding steroid dienone is 6. The van der Waals surface area contributed by atoms with Gasteiger partial charge in [0.1, 0.15) is 36.2 Å². The molecule has 4 aliphatic rings. The maximum absolute atomic E-state index is 14.5. The van der Waals surface area contributed by atoms with E-state index in [2.05, 4.69) is 0 Å². The molecule has 1 saturated carbocycles. The Labute approximate surface area is 421 Å². The number of rotatable bonds is 8.